The van der Waals surface area contributed by atoms with Gasteiger partial charge in [-0.3, -0.25) is 20.4 Å². The van der Waals surface area contributed by atoms with Crippen LogP contribution in [0.4, 0.5) is 0 Å². The lowest BCUT2D eigenvalue weighted by molar-refractivity contribution is -0.128. The summed E-state index contributed by atoms with van der Waals surface area (Å²) in [5.41, 5.74) is 8.40. The third kappa shape index (κ3) is 5.33. The van der Waals surface area contributed by atoms with Gasteiger partial charge in [0.2, 0.25) is 0 Å². The van der Waals surface area contributed by atoms with E-state index in [0.717, 1.165) is 16.7 Å². The maximum Gasteiger partial charge on any atom is 0.279 e. The van der Waals surface area contributed by atoms with Crippen LogP contribution in [0.25, 0.3) is 0 Å². The molecule has 0 aliphatic heterocycles. The van der Waals surface area contributed by atoms with Crippen LogP contribution in [0.2, 0.25) is 0 Å². The van der Waals surface area contributed by atoms with Crippen LogP contribution in [0.1, 0.15) is 54.7 Å². The van der Waals surface area contributed by atoms with Crippen molar-refractivity contribution in [2.75, 3.05) is 0 Å². The molecule has 2 rings (SSSR count). The molecule has 0 spiro atoms. The number of hydrazine groups is 1. The number of ether oxygens (including phenoxy) is 1. The molecule has 0 saturated carbocycles. The average molecular weight is 368 g/mol. The molecule has 0 bridgehead atoms. The number of benzene rings is 2. The van der Waals surface area contributed by atoms with Gasteiger partial charge < -0.3 is 4.74 Å². The Hall–Kier alpha value is -2.82. The molecule has 2 aromatic carbocycles. The largest absolute Gasteiger partial charge is 0.480 e. The van der Waals surface area contributed by atoms with Crippen LogP contribution in [0.15, 0.2) is 42.5 Å². The molecule has 0 aliphatic carbocycles. The molecule has 0 aliphatic rings. The summed E-state index contributed by atoms with van der Waals surface area (Å²) in [4.78, 5) is 24.5. The SMILES string of the molecule is Cc1cccc(C)c1OC(C)C(=O)NNC(=O)c1ccc(C(C)(C)C)cc1. The number of rotatable bonds is 4. The Balaban J connectivity index is 1.93. The quantitative estimate of drug-likeness (QED) is 0.806. The lowest BCUT2D eigenvalue weighted by Gasteiger charge is -2.19. The highest BCUT2D eigenvalue weighted by molar-refractivity contribution is 5.95. The van der Waals surface area contributed by atoms with E-state index in [1.165, 1.54) is 0 Å². The fourth-order valence-corrected chi connectivity index (χ4v) is 2.63. The van der Waals surface area contributed by atoms with Crippen molar-refractivity contribution >= 4 is 11.8 Å². The number of carbonyl (C=O) groups excluding carboxylic acids is 2. The Labute approximate surface area is 161 Å². The summed E-state index contributed by atoms with van der Waals surface area (Å²) in [6, 6.07) is 13.1. The summed E-state index contributed by atoms with van der Waals surface area (Å²) in [7, 11) is 0. The number of nitrogens with one attached hydrogen (secondary N) is 2. The van der Waals surface area contributed by atoms with Gasteiger partial charge in [0.25, 0.3) is 11.8 Å². The van der Waals surface area contributed by atoms with Gasteiger partial charge in [-0.2, -0.15) is 0 Å². The summed E-state index contributed by atoms with van der Waals surface area (Å²) in [6.45, 7) is 11.8. The highest BCUT2D eigenvalue weighted by Gasteiger charge is 2.18. The minimum atomic E-state index is -0.742. The van der Waals surface area contributed by atoms with E-state index >= 15 is 0 Å². The molecule has 144 valence electrons. The second-order valence-corrected chi connectivity index (χ2v) is 7.75. The van der Waals surface area contributed by atoms with E-state index in [0.29, 0.717) is 11.3 Å². The first-order valence-electron chi connectivity index (χ1n) is 9.03. The number of para-hydroxylation sites is 1. The molecule has 0 heterocycles. The Kier molecular flexibility index (Phi) is 6.26. The molecule has 0 aromatic heterocycles. The first-order valence-corrected chi connectivity index (χ1v) is 9.03. The molecule has 27 heavy (non-hydrogen) atoms. The summed E-state index contributed by atoms with van der Waals surface area (Å²) < 4.78 is 5.77. The van der Waals surface area contributed by atoms with Crippen LogP contribution >= 0.6 is 0 Å². The van der Waals surface area contributed by atoms with Crippen molar-refractivity contribution in [2.24, 2.45) is 0 Å². The van der Waals surface area contributed by atoms with Gasteiger partial charge in [-0.25, -0.2) is 0 Å². The van der Waals surface area contributed by atoms with Gasteiger partial charge in [-0.05, 0) is 55.0 Å². The van der Waals surface area contributed by atoms with E-state index in [9.17, 15) is 9.59 Å². The monoisotopic (exact) mass is 368 g/mol. The van der Waals surface area contributed by atoms with Crippen LogP contribution < -0.4 is 15.6 Å². The molecule has 2 aromatic rings. The minimum Gasteiger partial charge on any atom is -0.480 e. The van der Waals surface area contributed by atoms with Gasteiger partial charge in [0.15, 0.2) is 6.10 Å². The van der Waals surface area contributed by atoms with Crippen molar-refractivity contribution < 1.29 is 14.3 Å². The molecule has 1 unspecified atom stereocenters. The van der Waals surface area contributed by atoms with Gasteiger partial charge >= 0.3 is 0 Å². The summed E-state index contributed by atoms with van der Waals surface area (Å²) >= 11 is 0. The molecule has 0 fully saturated rings. The zero-order valence-corrected chi connectivity index (χ0v) is 16.8. The molecule has 1 atom stereocenters. The highest BCUT2D eigenvalue weighted by atomic mass is 16.5. The van der Waals surface area contributed by atoms with E-state index in [1.54, 1.807) is 19.1 Å². The fourth-order valence-electron chi connectivity index (χ4n) is 2.63. The maximum atomic E-state index is 12.2. The number of amides is 2. The Bertz CT molecular complexity index is 800. The van der Waals surface area contributed by atoms with E-state index < -0.39 is 12.0 Å². The fraction of sp³-hybridized carbons (Fsp3) is 0.364. The first-order chi connectivity index (χ1) is 12.6. The standard InChI is InChI=1S/C22H28N2O3/c1-14-8-7-9-15(2)19(14)27-16(3)20(25)23-24-21(26)17-10-12-18(13-11-17)22(4,5)6/h7-13,16H,1-6H3,(H,23,25)(H,24,26). The van der Waals surface area contributed by atoms with Gasteiger partial charge in [-0.15, -0.1) is 0 Å². The van der Waals surface area contributed by atoms with Gasteiger partial charge in [0.05, 0.1) is 0 Å². The number of carbonyl (C=O) groups is 2. The van der Waals surface area contributed by atoms with E-state index in [2.05, 4.69) is 31.6 Å². The molecule has 0 radical (unpaired) electrons. The van der Waals surface area contributed by atoms with Crippen molar-refractivity contribution in [2.45, 2.75) is 53.1 Å². The summed E-state index contributed by atoms with van der Waals surface area (Å²) in [5, 5.41) is 0. The molecule has 2 N–H and O–H groups in total. The normalized spacial score (nSPS) is 12.2. The van der Waals surface area contributed by atoms with Crippen molar-refractivity contribution in [1.29, 1.82) is 0 Å². The molecule has 2 amide bonds. The number of hydrogen-bond donors (Lipinski definition) is 2. The predicted octanol–water partition coefficient (Wildman–Crippen LogP) is 3.83. The van der Waals surface area contributed by atoms with Gasteiger partial charge in [0, 0.05) is 5.56 Å². The topological polar surface area (TPSA) is 67.4 Å². The van der Waals surface area contributed by atoms with E-state index in [-0.39, 0.29) is 11.3 Å². The molecule has 5 heteroatoms. The van der Waals surface area contributed by atoms with Crippen LogP contribution in [0.5, 0.6) is 5.75 Å². The van der Waals surface area contributed by atoms with E-state index in [4.69, 9.17) is 4.74 Å². The zero-order chi connectivity index (χ0) is 20.2. The molecular formula is C22H28N2O3. The Morgan fingerprint density at radius 3 is 2.00 bits per heavy atom. The average Bonchev–Trinajstić information content (AvgIpc) is 2.61. The van der Waals surface area contributed by atoms with Crippen molar-refractivity contribution in [3.63, 3.8) is 0 Å². The third-order valence-corrected chi connectivity index (χ3v) is 4.38. The third-order valence-electron chi connectivity index (χ3n) is 4.38. The van der Waals surface area contributed by atoms with E-state index in [1.807, 2.05) is 44.2 Å². The smallest absolute Gasteiger partial charge is 0.279 e. The van der Waals surface area contributed by atoms with Gasteiger partial charge in [-0.1, -0.05) is 51.1 Å². The van der Waals surface area contributed by atoms with Crippen LogP contribution in [0, 0.1) is 13.8 Å². The lowest BCUT2D eigenvalue weighted by Crippen LogP contribution is -2.47. The van der Waals surface area contributed by atoms with Gasteiger partial charge in [0.1, 0.15) is 5.75 Å². The maximum absolute atomic E-state index is 12.2. The summed E-state index contributed by atoms with van der Waals surface area (Å²) in [6.07, 6.45) is -0.742. The van der Waals surface area contributed by atoms with Crippen molar-refractivity contribution in [3.05, 3.63) is 64.7 Å². The molecular weight excluding hydrogens is 340 g/mol. The highest BCUT2D eigenvalue weighted by Crippen LogP contribution is 2.24. The minimum absolute atomic E-state index is 0.0176. The van der Waals surface area contributed by atoms with Crippen molar-refractivity contribution in [3.8, 4) is 5.75 Å². The van der Waals surface area contributed by atoms with Crippen LogP contribution in [-0.4, -0.2) is 17.9 Å². The first kappa shape index (κ1) is 20.5. The van der Waals surface area contributed by atoms with Crippen molar-refractivity contribution in [1.82, 2.24) is 10.9 Å². The Morgan fingerprint density at radius 2 is 1.48 bits per heavy atom. The zero-order valence-electron chi connectivity index (χ0n) is 16.8. The second-order valence-electron chi connectivity index (χ2n) is 7.75. The summed E-state index contributed by atoms with van der Waals surface area (Å²) in [5.74, 6) is -0.107. The van der Waals surface area contributed by atoms with Crippen LogP contribution in [-0.2, 0) is 10.2 Å². The molecule has 5 nitrogen and oxygen atoms in total. The predicted molar refractivity (Wildman–Crippen MR) is 107 cm³/mol. The number of hydrogen-bond acceptors (Lipinski definition) is 3. The number of aryl methyl sites for hydroxylation is 2. The van der Waals surface area contributed by atoms with Crippen LogP contribution in [0.3, 0.4) is 0 Å². The molecule has 0 saturated heterocycles. The lowest BCUT2D eigenvalue weighted by atomic mass is 9.87. The Morgan fingerprint density at radius 1 is 0.926 bits per heavy atom. The second kappa shape index (κ2) is 8.25.